The van der Waals surface area contributed by atoms with Crippen LogP contribution >= 0.6 is 24.0 Å². The number of amides is 1. The number of hydrogen-bond acceptors (Lipinski definition) is 2. The number of rotatable bonds is 6. The van der Waals surface area contributed by atoms with Gasteiger partial charge in [0.1, 0.15) is 6.54 Å². The molecule has 0 aliphatic heterocycles. The molecule has 9 heteroatoms. The highest BCUT2D eigenvalue weighted by Gasteiger charge is 2.26. The number of carbonyl (C=O) groups is 1. The smallest absolute Gasteiger partial charge is 0.357 e. The molecule has 0 heterocycles. The zero-order valence-corrected chi connectivity index (χ0v) is 15.9. The van der Waals surface area contributed by atoms with Crippen LogP contribution in [0.1, 0.15) is 18.9 Å². The summed E-state index contributed by atoms with van der Waals surface area (Å²) < 4.78 is 36.4. The highest BCUT2D eigenvalue weighted by molar-refractivity contribution is 14.0. The minimum atomic E-state index is -4.25. The fraction of sp³-hybridized carbons (Fsp3) is 0.375. The molecule has 3 N–H and O–H groups in total. The van der Waals surface area contributed by atoms with E-state index in [-0.39, 0.29) is 43.0 Å². The molecule has 5 nitrogen and oxygen atoms in total. The van der Waals surface area contributed by atoms with E-state index in [4.69, 9.17) is 6.42 Å². The Balaban J connectivity index is 0.00000576. The molecular weight excluding hydrogens is 448 g/mol. The maximum Gasteiger partial charge on any atom is 0.390 e. The van der Waals surface area contributed by atoms with Crippen LogP contribution in [0.2, 0.25) is 0 Å². The van der Waals surface area contributed by atoms with E-state index >= 15 is 0 Å². The van der Waals surface area contributed by atoms with E-state index < -0.39 is 18.5 Å². The largest absolute Gasteiger partial charge is 0.390 e. The first-order valence-electron chi connectivity index (χ1n) is 7.29. The topological polar surface area (TPSA) is 65.5 Å². The van der Waals surface area contributed by atoms with Crippen LogP contribution in [0.15, 0.2) is 29.3 Å². The predicted molar refractivity (Wildman–Crippen MR) is 103 cm³/mol. The van der Waals surface area contributed by atoms with Crippen LogP contribution in [0.5, 0.6) is 0 Å². The lowest BCUT2D eigenvalue weighted by molar-refractivity contribution is -0.132. The molecule has 1 rings (SSSR count). The molecule has 0 saturated carbocycles. The molecule has 0 radical (unpaired) electrons. The maximum absolute atomic E-state index is 12.1. The van der Waals surface area contributed by atoms with Crippen molar-refractivity contribution in [3.63, 3.8) is 0 Å². The first-order chi connectivity index (χ1) is 11.3. The van der Waals surface area contributed by atoms with E-state index in [9.17, 15) is 18.0 Å². The number of guanidine groups is 1. The third-order valence-electron chi connectivity index (χ3n) is 2.74. The number of carbonyl (C=O) groups excluding carboxylic acids is 1. The van der Waals surface area contributed by atoms with Gasteiger partial charge in [-0.2, -0.15) is 13.2 Å². The average molecular weight is 468 g/mol. The molecule has 0 saturated heterocycles. The zero-order valence-electron chi connectivity index (χ0n) is 13.6. The Hall–Kier alpha value is -1.96. The van der Waals surface area contributed by atoms with Crippen molar-refractivity contribution in [2.24, 2.45) is 4.99 Å². The second-order valence-corrected chi connectivity index (χ2v) is 4.76. The molecule has 0 bridgehead atoms. The number of nitrogens with one attached hydrogen (secondary N) is 3. The van der Waals surface area contributed by atoms with Crippen molar-refractivity contribution in [3.8, 4) is 12.3 Å². The summed E-state index contributed by atoms with van der Waals surface area (Å²) in [5.74, 6) is 2.19. The number of anilines is 1. The van der Waals surface area contributed by atoms with Gasteiger partial charge in [0.05, 0.1) is 6.42 Å². The number of benzene rings is 1. The number of halogens is 4. The highest BCUT2D eigenvalue weighted by Crippen LogP contribution is 2.18. The molecule has 25 heavy (non-hydrogen) atoms. The quantitative estimate of drug-likeness (QED) is 0.261. The lowest BCUT2D eigenvalue weighted by atomic mass is 10.2. The van der Waals surface area contributed by atoms with Crippen LogP contribution < -0.4 is 16.0 Å². The summed E-state index contributed by atoms with van der Waals surface area (Å²) >= 11 is 0. The first kappa shape index (κ1) is 23.0. The third kappa shape index (κ3) is 10.5. The van der Waals surface area contributed by atoms with Crippen molar-refractivity contribution in [2.45, 2.75) is 19.5 Å². The Morgan fingerprint density at radius 1 is 1.32 bits per heavy atom. The van der Waals surface area contributed by atoms with Gasteiger partial charge in [0.15, 0.2) is 5.96 Å². The van der Waals surface area contributed by atoms with Gasteiger partial charge in [-0.1, -0.05) is 12.0 Å². The van der Waals surface area contributed by atoms with E-state index in [0.29, 0.717) is 17.8 Å². The van der Waals surface area contributed by atoms with Gasteiger partial charge >= 0.3 is 6.18 Å². The third-order valence-corrected chi connectivity index (χ3v) is 2.74. The monoisotopic (exact) mass is 468 g/mol. The maximum atomic E-state index is 12.1. The highest BCUT2D eigenvalue weighted by atomic mass is 127. The van der Waals surface area contributed by atoms with Gasteiger partial charge in [-0.15, -0.1) is 30.4 Å². The number of nitrogens with zero attached hydrogens (tertiary/aromatic N) is 1. The van der Waals surface area contributed by atoms with Gasteiger partial charge < -0.3 is 16.0 Å². The standard InChI is InChI=1S/C16H19F3N4O.HI/c1-3-12-6-5-7-13(10-12)23-14(24)11-22-15(20-4-2)21-9-8-16(17,18)19;/h1,5-7,10H,4,8-9,11H2,2H3,(H,23,24)(H2,20,21,22);1H. The second kappa shape index (κ2) is 11.6. The molecule has 1 aromatic carbocycles. The molecule has 0 fully saturated rings. The number of hydrogen-bond donors (Lipinski definition) is 3. The minimum absolute atomic E-state index is 0. The fourth-order valence-electron chi connectivity index (χ4n) is 1.70. The Morgan fingerprint density at radius 2 is 2.04 bits per heavy atom. The summed E-state index contributed by atoms with van der Waals surface area (Å²) in [4.78, 5) is 15.8. The van der Waals surface area contributed by atoms with E-state index in [2.05, 4.69) is 26.9 Å². The molecule has 0 aromatic heterocycles. The molecule has 0 aliphatic carbocycles. The first-order valence-corrected chi connectivity index (χ1v) is 7.29. The fourth-order valence-corrected chi connectivity index (χ4v) is 1.70. The van der Waals surface area contributed by atoms with Gasteiger partial charge in [-0.05, 0) is 25.1 Å². The Kier molecular flexibility index (Phi) is 10.7. The zero-order chi connectivity index (χ0) is 18.0. The summed E-state index contributed by atoms with van der Waals surface area (Å²) in [5.41, 5.74) is 1.15. The van der Waals surface area contributed by atoms with Crippen molar-refractivity contribution in [1.82, 2.24) is 10.6 Å². The van der Waals surface area contributed by atoms with Crippen LogP contribution in [0.4, 0.5) is 18.9 Å². The molecule has 0 aliphatic rings. The summed E-state index contributed by atoms with van der Waals surface area (Å²) in [6, 6.07) is 6.74. The normalized spacial score (nSPS) is 11.1. The van der Waals surface area contributed by atoms with Gasteiger partial charge in [-0.25, -0.2) is 4.99 Å². The van der Waals surface area contributed by atoms with Crippen LogP contribution in [0.25, 0.3) is 0 Å². The molecule has 138 valence electrons. The van der Waals surface area contributed by atoms with Crippen molar-refractivity contribution >= 4 is 41.5 Å². The summed E-state index contributed by atoms with van der Waals surface area (Å²) in [6.07, 6.45) is 0.0472. The van der Waals surface area contributed by atoms with Crippen LogP contribution in [0, 0.1) is 12.3 Å². The molecule has 0 atom stereocenters. The van der Waals surface area contributed by atoms with E-state index in [1.165, 1.54) is 0 Å². The predicted octanol–water partition coefficient (Wildman–Crippen LogP) is 2.73. The summed E-state index contributed by atoms with van der Waals surface area (Å²) in [7, 11) is 0. The number of aliphatic imine (C=N–C) groups is 1. The van der Waals surface area contributed by atoms with Crippen molar-refractivity contribution in [1.29, 1.82) is 0 Å². The number of alkyl halides is 3. The van der Waals surface area contributed by atoms with E-state index in [1.54, 1.807) is 31.2 Å². The molecule has 0 spiro atoms. The lowest BCUT2D eigenvalue weighted by Crippen LogP contribution is -2.39. The SMILES string of the molecule is C#Cc1cccc(NC(=O)CN=C(NCC)NCCC(F)(F)F)c1.I. The van der Waals surface area contributed by atoms with Gasteiger partial charge in [0, 0.05) is 24.3 Å². The summed E-state index contributed by atoms with van der Waals surface area (Å²) in [5, 5.41) is 7.92. The second-order valence-electron chi connectivity index (χ2n) is 4.76. The van der Waals surface area contributed by atoms with Gasteiger partial charge in [-0.3, -0.25) is 4.79 Å². The van der Waals surface area contributed by atoms with Crippen LogP contribution in [-0.2, 0) is 4.79 Å². The van der Waals surface area contributed by atoms with E-state index in [0.717, 1.165) is 0 Å². The lowest BCUT2D eigenvalue weighted by Gasteiger charge is -2.12. The van der Waals surface area contributed by atoms with Crippen LogP contribution in [-0.4, -0.2) is 37.7 Å². The molecule has 1 aromatic rings. The number of terminal acetylenes is 1. The van der Waals surface area contributed by atoms with Crippen molar-refractivity contribution in [2.75, 3.05) is 25.0 Å². The molecule has 0 unspecified atom stereocenters. The van der Waals surface area contributed by atoms with E-state index in [1.807, 2.05) is 0 Å². The Morgan fingerprint density at radius 3 is 2.64 bits per heavy atom. The van der Waals surface area contributed by atoms with Gasteiger partial charge in [0.25, 0.3) is 0 Å². The van der Waals surface area contributed by atoms with Gasteiger partial charge in [0.2, 0.25) is 5.91 Å². The van der Waals surface area contributed by atoms with Crippen LogP contribution in [0.3, 0.4) is 0 Å². The summed E-state index contributed by atoms with van der Waals surface area (Å²) in [6.45, 7) is 1.68. The Labute approximate surface area is 161 Å². The van der Waals surface area contributed by atoms with Crippen molar-refractivity contribution in [3.05, 3.63) is 29.8 Å². The average Bonchev–Trinajstić information content (AvgIpc) is 2.51. The van der Waals surface area contributed by atoms with Crippen molar-refractivity contribution < 1.29 is 18.0 Å². The Bertz CT molecular complexity index is 627. The minimum Gasteiger partial charge on any atom is -0.357 e. The molecular formula is C16H20F3IN4O. The molecule has 1 amide bonds.